The molecule has 7 nitrogen and oxygen atoms in total. The van der Waals surface area contributed by atoms with E-state index in [1.807, 2.05) is 38.1 Å². The Balaban J connectivity index is 1.64. The van der Waals surface area contributed by atoms with E-state index in [-0.39, 0.29) is 16.7 Å². The molecule has 0 fully saturated rings. The zero-order valence-corrected chi connectivity index (χ0v) is 16.1. The van der Waals surface area contributed by atoms with Crippen molar-refractivity contribution in [3.05, 3.63) is 82.7 Å². The molecule has 0 aliphatic carbocycles. The van der Waals surface area contributed by atoms with E-state index < -0.39 is 17.8 Å². The molecule has 1 aliphatic heterocycles. The first-order valence-corrected chi connectivity index (χ1v) is 9.35. The van der Waals surface area contributed by atoms with E-state index in [4.69, 9.17) is 4.84 Å². The third-order valence-electron chi connectivity index (χ3n) is 4.79. The zero-order chi connectivity index (χ0) is 20.5. The monoisotopic (exact) mass is 389 g/mol. The smallest absolute Gasteiger partial charge is 0.324 e. The zero-order valence-electron chi connectivity index (χ0n) is 16.1. The largest absolute Gasteiger partial charge is 0.367 e. The van der Waals surface area contributed by atoms with Crippen LogP contribution in [-0.4, -0.2) is 32.6 Å². The van der Waals surface area contributed by atoms with Gasteiger partial charge in [0.2, 0.25) is 0 Å². The van der Waals surface area contributed by atoms with Crippen molar-refractivity contribution < 1.29 is 19.2 Å². The Kier molecular flexibility index (Phi) is 4.72. The molecule has 0 saturated carbocycles. The summed E-state index contributed by atoms with van der Waals surface area (Å²) in [5.74, 6) is -2.09. The molecule has 0 bridgehead atoms. The van der Waals surface area contributed by atoms with Crippen molar-refractivity contribution in [1.82, 2.24) is 14.8 Å². The average molecular weight is 389 g/mol. The fraction of sp³-hybridized carbons (Fsp3) is 0.182. The molecule has 0 saturated heterocycles. The number of aromatic nitrogens is 2. The first-order chi connectivity index (χ1) is 14.0. The highest BCUT2D eigenvalue weighted by atomic mass is 16.7. The number of aryl methyl sites for hydroxylation is 1. The van der Waals surface area contributed by atoms with Gasteiger partial charge >= 0.3 is 5.97 Å². The second-order valence-electron chi connectivity index (χ2n) is 6.83. The summed E-state index contributed by atoms with van der Waals surface area (Å²) in [5.41, 5.74) is 3.26. The summed E-state index contributed by atoms with van der Waals surface area (Å²) in [5, 5.41) is 4.86. The maximum atomic E-state index is 12.8. The fourth-order valence-corrected chi connectivity index (χ4v) is 3.31. The number of hydrogen-bond donors (Lipinski definition) is 0. The van der Waals surface area contributed by atoms with Gasteiger partial charge in [0.25, 0.3) is 11.8 Å². The van der Waals surface area contributed by atoms with Crippen LogP contribution < -0.4 is 0 Å². The van der Waals surface area contributed by atoms with Crippen molar-refractivity contribution >= 4 is 17.8 Å². The van der Waals surface area contributed by atoms with E-state index in [9.17, 15) is 14.4 Å². The number of amides is 2. The molecule has 29 heavy (non-hydrogen) atoms. The maximum Gasteiger partial charge on any atom is 0.367 e. The summed E-state index contributed by atoms with van der Waals surface area (Å²) in [6.45, 7) is 3.98. The van der Waals surface area contributed by atoms with Gasteiger partial charge in [-0.3, -0.25) is 9.59 Å². The molecule has 7 heteroatoms. The standard InChI is InChI=1S/C22H19N3O4/c1-3-6-19-18(13-23-24(19)15-11-9-14(2)10-12-15)22(28)29-25-20(26)16-7-4-5-8-17(16)21(25)27/h4-5,7-13H,3,6H2,1-2H3. The highest BCUT2D eigenvalue weighted by Gasteiger charge is 2.39. The van der Waals surface area contributed by atoms with Gasteiger partial charge in [0.1, 0.15) is 5.56 Å². The molecule has 146 valence electrons. The van der Waals surface area contributed by atoms with Gasteiger partial charge in [0.15, 0.2) is 0 Å². The van der Waals surface area contributed by atoms with Gasteiger partial charge in [0.05, 0.1) is 28.7 Å². The second-order valence-corrected chi connectivity index (χ2v) is 6.83. The Morgan fingerprint density at radius 1 is 1.00 bits per heavy atom. The van der Waals surface area contributed by atoms with Gasteiger partial charge in [-0.15, -0.1) is 0 Å². The number of nitrogens with zero attached hydrogens (tertiary/aromatic N) is 3. The van der Waals surface area contributed by atoms with E-state index in [2.05, 4.69) is 5.10 Å². The lowest BCUT2D eigenvalue weighted by atomic mass is 10.1. The molecule has 3 aromatic rings. The van der Waals surface area contributed by atoms with Crippen LogP contribution in [0.3, 0.4) is 0 Å². The molecular formula is C22H19N3O4. The molecule has 0 unspecified atom stereocenters. The molecule has 4 rings (SSSR count). The SMILES string of the molecule is CCCc1c(C(=O)ON2C(=O)c3ccccc3C2=O)cnn1-c1ccc(C)cc1. The molecule has 2 aromatic carbocycles. The van der Waals surface area contributed by atoms with Gasteiger partial charge < -0.3 is 4.84 Å². The lowest BCUT2D eigenvalue weighted by Crippen LogP contribution is -2.32. The predicted molar refractivity (Wildman–Crippen MR) is 105 cm³/mol. The van der Waals surface area contributed by atoms with Crippen LogP contribution in [0.1, 0.15) is 55.7 Å². The van der Waals surface area contributed by atoms with Crippen molar-refractivity contribution in [1.29, 1.82) is 0 Å². The summed E-state index contributed by atoms with van der Waals surface area (Å²) in [6.07, 6.45) is 2.77. The minimum atomic E-state index is -0.790. The molecular weight excluding hydrogens is 370 g/mol. The normalized spacial score (nSPS) is 13.0. The molecule has 2 amide bonds. The van der Waals surface area contributed by atoms with Crippen LogP contribution >= 0.6 is 0 Å². The molecule has 1 aromatic heterocycles. The second kappa shape index (κ2) is 7.35. The molecule has 1 aliphatic rings. The number of imide groups is 1. The minimum Gasteiger partial charge on any atom is -0.324 e. The number of rotatable bonds is 5. The first kappa shape index (κ1) is 18.6. The van der Waals surface area contributed by atoms with Gasteiger partial charge in [-0.2, -0.15) is 5.10 Å². The van der Waals surface area contributed by atoms with Crippen LogP contribution in [-0.2, 0) is 11.3 Å². The van der Waals surface area contributed by atoms with E-state index in [0.717, 1.165) is 17.7 Å². The van der Waals surface area contributed by atoms with Crippen molar-refractivity contribution in [2.24, 2.45) is 0 Å². The first-order valence-electron chi connectivity index (χ1n) is 9.35. The third kappa shape index (κ3) is 3.20. The third-order valence-corrected chi connectivity index (χ3v) is 4.79. The molecule has 0 radical (unpaired) electrons. The summed E-state index contributed by atoms with van der Waals surface area (Å²) in [6, 6.07) is 14.1. The number of benzene rings is 2. The quantitative estimate of drug-likeness (QED) is 0.624. The minimum absolute atomic E-state index is 0.217. The average Bonchev–Trinajstić information content (AvgIpc) is 3.24. The molecule has 0 N–H and O–H groups in total. The Hall–Kier alpha value is -3.74. The van der Waals surface area contributed by atoms with Crippen LogP contribution in [0, 0.1) is 6.92 Å². The van der Waals surface area contributed by atoms with Gasteiger partial charge in [-0.1, -0.05) is 48.2 Å². The lowest BCUT2D eigenvalue weighted by Gasteiger charge is -2.13. The van der Waals surface area contributed by atoms with Gasteiger partial charge in [0, 0.05) is 0 Å². The van der Waals surface area contributed by atoms with Crippen molar-refractivity contribution in [2.45, 2.75) is 26.7 Å². The molecule has 0 atom stereocenters. The van der Waals surface area contributed by atoms with E-state index in [0.29, 0.717) is 17.2 Å². The van der Waals surface area contributed by atoms with Crippen molar-refractivity contribution in [2.75, 3.05) is 0 Å². The molecule has 2 heterocycles. The van der Waals surface area contributed by atoms with Crippen LogP contribution in [0.15, 0.2) is 54.7 Å². The molecule has 0 spiro atoms. The highest BCUT2D eigenvalue weighted by molar-refractivity contribution is 6.21. The summed E-state index contributed by atoms with van der Waals surface area (Å²) < 4.78 is 1.68. The van der Waals surface area contributed by atoms with E-state index in [1.54, 1.807) is 16.8 Å². The number of carbonyl (C=O) groups is 3. The van der Waals surface area contributed by atoms with E-state index >= 15 is 0 Å². The summed E-state index contributed by atoms with van der Waals surface area (Å²) >= 11 is 0. The summed E-state index contributed by atoms with van der Waals surface area (Å²) in [7, 11) is 0. The number of fused-ring (bicyclic) bond motifs is 1. The fourth-order valence-electron chi connectivity index (χ4n) is 3.31. The lowest BCUT2D eigenvalue weighted by molar-refractivity contribution is -0.0585. The van der Waals surface area contributed by atoms with Gasteiger partial charge in [-0.05, 0) is 37.6 Å². The van der Waals surface area contributed by atoms with Gasteiger partial charge in [-0.25, -0.2) is 9.48 Å². The Bertz CT molecular complexity index is 1080. The maximum absolute atomic E-state index is 12.8. The predicted octanol–water partition coefficient (Wildman–Crippen LogP) is 3.50. The highest BCUT2D eigenvalue weighted by Crippen LogP contribution is 2.24. The Morgan fingerprint density at radius 2 is 1.62 bits per heavy atom. The Labute approximate surface area is 167 Å². The van der Waals surface area contributed by atoms with Crippen LogP contribution in [0.4, 0.5) is 0 Å². The summed E-state index contributed by atoms with van der Waals surface area (Å²) in [4.78, 5) is 42.9. The topological polar surface area (TPSA) is 81.5 Å². The number of carbonyl (C=O) groups excluding carboxylic acids is 3. The van der Waals surface area contributed by atoms with Crippen LogP contribution in [0.5, 0.6) is 0 Å². The van der Waals surface area contributed by atoms with Crippen LogP contribution in [0.25, 0.3) is 5.69 Å². The van der Waals surface area contributed by atoms with Crippen molar-refractivity contribution in [3.63, 3.8) is 0 Å². The number of hydroxylamine groups is 2. The van der Waals surface area contributed by atoms with Crippen LogP contribution in [0.2, 0.25) is 0 Å². The Morgan fingerprint density at radius 3 is 2.21 bits per heavy atom. The number of hydrogen-bond acceptors (Lipinski definition) is 5. The van der Waals surface area contributed by atoms with E-state index in [1.165, 1.54) is 18.3 Å². The van der Waals surface area contributed by atoms with Crippen molar-refractivity contribution in [3.8, 4) is 5.69 Å².